The van der Waals surface area contributed by atoms with Gasteiger partial charge in [-0.1, -0.05) is 0 Å². The number of hydrogen-bond donors (Lipinski definition) is 0. The minimum atomic E-state index is -0.505. The average molecular weight is 250 g/mol. The van der Waals surface area contributed by atoms with Crippen LogP contribution in [0.5, 0.6) is 5.88 Å². The van der Waals surface area contributed by atoms with Gasteiger partial charge in [0.2, 0.25) is 11.7 Å². The molecule has 0 saturated heterocycles. The molecule has 0 bridgehead atoms. The van der Waals surface area contributed by atoms with Gasteiger partial charge in [-0.15, -0.1) is 0 Å². The number of aromatic nitrogens is 1. The van der Waals surface area contributed by atoms with Gasteiger partial charge in [-0.3, -0.25) is 10.1 Å². The monoisotopic (exact) mass is 250 g/mol. The molecule has 1 aromatic heterocycles. The van der Waals surface area contributed by atoms with Crippen LogP contribution in [0.1, 0.15) is 6.92 Å². The predicted octanol–water partition coefficient (Wildman–Crippen LogP) is 1.59. The molecule has 0 fully saturated rings. The Morgan fingerprint density at radius 1 is 1.67 bits per heavy atom. The Morgan fingerprint density at radius 2 is 2.33 bits per heavy atom. The first-order valence-electron chi connectivity index (χ1n) is 5.29. The smallest absolute Gasteiger partial charge is 0.311 e. The van der Waals surface area contributed by atoms with E-state index in [4.69, 9.17) is 10.00 Å². The second-order valence-electron chi connectivity index (χ2n) is 3.86. The Kier molecular flexibility index (Phi) is 4.43. The number of ether oxygens (including phenoxy) is 1. The second-order valence-corrected chi connectivity index (χ2v) is 3.86. The Morgan fingerprint density at radius 3 is 2.83 bits per heavy atom. The molecule has 1 atom stereocenters. The van der Waals surface area contributed by atoms with Crippen LogP contribution in [0.4, 0.5) is 11.5 Å². The van der Waals surface area contributed by atoms with E-state index in [1.807, 2.05) is 0 Å². The predicted molar refractivity (Wildman–Crippen MR) is 65.5 cm³/mol. The van der Waals surface area contributed by atoms with E-state index < -0.39 is 4.92 Å². The van der Waals surface area contributed by atoms with Crippen LogP contribution in [0.3, 0.4) is 0 Å². The van der Waals surface area contributed by atoms with E-state index in [2.05, 4.69) is 11.1 Å². The minimum Gasteiger partial charge on any atom is -0.481 e. The molecule has 1 rings (SSSR count). The van der Waals surface area contributed by atoms with Crippen LogP contribution in [0.25, 0.3) is 0 Å². The lowest BCUT2D eigenvalue weighted by Crippen LogP contribution is -2.25. The van der Waals surface area contributed by atoms with Crippen molar-refractivity contribution in [1.82, 2.24) is 4.98 Å². The van der Waals surface area contributed by atoms with E-state index in [0.29, 0.717) is 12.4 Å². The van der Waals surface area contributed by atoms with Gasteiger partial charge in [0.25, 0.3) is 0 Å². The van der Waals surface area contributed by atoms with Crippen molar-refractivity contribution in [3.63, 3.8) is 0 Å². The maximum atomic E-state index is 10.9. The first-order valence-corrected chi connectivity index (χ1v) is 5.29. The topological polar surface area (TPSA) is 92.3 Å². The van der Waals surface area contributed by atoms with E-state index in [1.165, 1.54) is 19.2 Å². The number of nitrogens with zero attached hydrogens (tertiary/aromatic N) is 4. The number of nitriles is 1. The first kappa shape index (κ1) is 13.7. The van der Waals surface area contributed by atoms with Crippen molar-refractivity contribution in [2.24, 2.45) is 5.92 Å². The second kappa shape index (κ2) is 5.82. The summed E-state index contributed by atoms with van der Waals surface area (Å²) in [6.45, 7) is 2.10. The number of pyridine rings is 1. The van der Waals surface area contributed by atoms with Crippen LogP contribution < -0.4 is 9.64 Å². The molecule has 0 aliphatic carbocycles. The highest BCUT2D eigenvalue weighted by Crippen LogP contribution is 2.27. The van der Waals surface area contributed by atoms with E-state index >= 15 is 0 Å². The molecule has 0 radical (unpaired) electrons. The highest BCUT2D eigenvalue weighted by Gasteiger charge is 2.21. The third-order valence-electron chi connectivity index (χ3n) is 2.36. The van der Waals surface area contributed by atoms with Gasteiger partial charge in [0.15, 0.2) is 0 Å². The summed E-state index contributed by atoms with van der Waals surface area (Å²) >= 11 is 0. The van der Waals surface area contributed by atoms with Crippen molar-refractivity contribution >= 4 is 11.5 Å². The highest BCUT2D eigenvalue weighted by molar-refractivity contribution is 5.58. The molecule has 1 heterocycles. The van der Waals surface area contributed by atoms with E-state index in [0.717, 1.165) is 0 Å². The van der Waals surface area contributed by atoms with Crippen molar-refractivity contribution in [2.75, 3.05) is 25.6 Å². The van der Waals surface area contributed by atoms with Crippen LogP contribution in [-0.4, -0.2) is 30.6 Å². The summed E-state index contributed by atoms with van der Waals surface area (Å²) in [6.07, 6.45) is 0. The molecule has 0 amide bonds. The van der Waals surface area contributed by atoms with Crippen LogP contribution in [0.2, 0.25) is 0 Å². The van der Waals surface area contributed by atoms with Crippen LogP contribution in [-0.2, 0) is 0 Å². The van der Waals surface area contributed by atoms with Crippen molar-refractivity contribution in [3.05, 3.63) is 22.2 Å². The molecule has 0 aliphatic rings. The molecule has 7 nitrogen and oxygen atoms in total. The van der Waals surface area contributed by atoms with Crippen molar-refractivity contribution < 1.29 is 9.66 Å². The van der Waals surface area contributed by atoms with Crippen LogP contribution in [0, 0.1) is 27.4 Å². The fourth-order valence-corrected chi connectivity index (χ4v) is 1.50. The fourth-order valence-electron chi connectivity index (χ4n) is 1.50. The van der Waals surface area contributed by atoms with E-state index in [9.17, 15) is 10.1 Å². The lowest BCUT2D eigenvalue weighted by molar-refractivity contribution is -0.384. The Balaban J connectivity index is 3.11. The molecule has 96 valence electrons. The molecule has 0 spiro atoms. The molecule has 7 heteroatoms. The SMILES string of the molecule is COc1ccc([N+](=O)[O-])c(N(C)CC(C)C#N)n1. The summed E-state index contributed by atoms with van der Waals surface area (Å²) in [7, 11) is 3.10. The number of anilines is 1. The van der Waals surface area contributed by atoms with Gasteiger partial charge in [-0.05, 0) is 6.92 Å². The molecular formula is C11H14N4O3. The molecule has 18 heavy (non-hydrogen) atoms. The highest BCUT2D eigenvalue weighted by atomic mass is 16.6. The van der Waals surface area contributed by atoms with Crippen LogP contribution >= 0.6 is 0 Å². The van der Waals surface area contributed by atoms with Crippen molar-refractivity contribution in [2.45, 2.75) is 6.92 Å². The summed E-state index contributed by atoms with van der Waals surface area (Å²) in [5.74, 6) is 0.246. The van der Waals surface area contributed by atoms with Crippen LogP contribution in [0.15, 0.2) is 12.1 Å². The standard InChI is InChI=1S/C11H14N4O3/c1-8(6-12)7-14(2)11-9(15(16)17)4-5-10(13-11)18-3/h4-5,8H,7H2,1-3H3. The normalized spacial score (nSPS) is 11.4. The molecule has 0 aliphatic heterocycles. The summed E-state index contributed by atoms with van der Waals surface area (Å²) in [5.41, 5.74) is -0.108. The largest absolute Gasteiger partial charge is 0.481 e. The third kappa shape index (κ3) is 3.07. The van der Waals surface area contributed by atoms with Gasteiger partial charge in [0.05, 0.1) is 24.0 Å². The third-order valence-corrected chi connectivity index (χ3v) is 2.36. The molecule has 0 N–H and O–H groups in total. The number of rotatable bonds is 5. The Labute approximate surface area is 105 Å². The Hall–Kier alpha value is -2.36. The number of hydrogen-bond acceptors (Lipinski definition) is 6. The molecular weight excluding hydrogens is 236 g/mol. The van der Waals surface area contributed by atoms with Gasteiger partial charge in [-0.2, -0.15) is 10.2 Å². The quantitative estimate of drug-likeness (QED) is 0.582. The Bertz CT molecular complexity index is 484. The number of nitro groups is 1. The van der Waals surface area contributed by atoms with Crippen molar-refractivity contribution in [3.8, 4) is 11.9 Å². The number of methoxy groups -OCH3 is 1. The van der Waals surface area contributed by atoms with E-state index in [1.54, 1.807) is 18.9 Å². The summed E-state index contributed by atoms with van der Waals surface area (Å²) in [6, 6.07) is 4.85. The zero-order valence-electron chi connectivity index (χ0n) is 10.5. The molecule has 1 aromatic rings. The van der Waals surface area contributed by atoms with E-state index in [-0.39, 0.29) is 17.4 Å². The van der Waals surface area contributed by atoms with Gasteiger partial charge in [0, 0.05) is 25.7 Å². The zero-order chi connectivity index (χ0) is 13.7. The van der Waals surface area contributed by atoms with Crippen molar-refractivity contribution in [1.29, 1.82) is 5.26 Å². The molecule has 1 unspecified atom stereocenters. The summed E-state index contributed by atoms with van der Waals surface area (Å²) < 4.78 is 4.95. The van der Waals surface area contributed by atoms with Gasteiger partial charge in [0.1, 0.15) is 0 Å². The van der Waals surface area contributed by atoms with Gasteiger partial charge in [-0.25, -0.2) is 0 Å². The molecule has 0 saturated carbocycles. The average Bonchev–Trinajstić information content (AvgIpc) is 2.37. The maximum Gasteiger partial charge on any atom is 0.311 e. The lowest BCUT2D eigenvalue weighted by Gasteiger charge is -2.19. The minimum absolute atomic E-state index is 0.108. The van der Waals surface area contributed by atoms with Gasteiger partial charge >= 0.3 is 5.69 Å². The molecule has 0 aromatic carbocycles. The summed E-state index contributed by atoms with van der Waals surface area (Å²) in [5, 5.41) is 19.7. The zero-order valence-corrected chi connectivity index (χ0v) is 10.5. The van der Waals surface area contributed by atoms with Gasteiger partial charge < -0.3 is 9.64 Å². The summed E-state index contributed by atoms with van der Waals surface area (Å²) in [4.78, 5) is 16.0. The lowest BCUT2D eigenvalue weighted by atomic mass is 10.2. The maximum absolute atomic E-state index is 10.9. The fraction of sp³-hybridized carbons (Fsp3) is 0.455. The first-order chi connectivity index (χ1) is 8.49.